The lowest BCUT2D eigenvalue weighted by Crippen LogP contribution is -2.33. The van der Waals surface area contributed by atoms with Crippen LogP contribution in [0.3, 0.4) is 0 Å². The number of H-pyrrole nitrogens is 1. The van der Waals surface area contributed by atoms with Crippen molar-refractivity contribution in [2.24, 2.45) is 0 Å². The van der Waals surface area contributed by atoms with Gasteiger partial charge in [0, 0.05) is 13.1 Å². The highest BCUT2D eigenvalue weighted by Gasteiger charge is 2.36. The minimum atomic E-state index is -4.59. The van der Waals surface area contributed by atoms with Crippen LogP contribution in [-0.2, 0) is 6.18 Å². The van der Waals surface area contributed by atoms with Crippen LogP contribution in [0.1, 0.15) is 25.1 Å². The highest BCUT2D eigenvalue weighted by atomic mass is 19.4. The molecule has 3 heterocycles. The summed E-state index contributed by atoms with van der Waals surface area (Å²) < 4.78 is 38.4. The van der Waals surface area contributed by atoms with Gasteiger partial charge in [0.2, 0.25) is 5.82 Å². The molecule has 2 N–H and O–H groups in total. The van der Waals surface area contributed by atoms with Gasteiger partial charge in [0.15, 0.2) is 11.5 Å². The monoisotopic (exact) mass is 314 g/mol. The smallest absolute Gasteiger partial charge is 0.367 e. The molecule has 1 aliphatic rings. The third-order valence-electron chi connectivity index (χ3n) is 3.71. The van der Waals surface area contributed by atoms with Crippen molar-refractivity contribution in [3.8, 4) is 0 Å². The number of rotatable bonds is 4. The molecule has 0 atom stereocenters. The number of anilines is 1. The molecule has 1 aliphatic heterocycles. The van der Waals surface area contributed by atoms with Crippen LogP contribution < -0.4 is 5.32 Å². The van der Waals surface area contributed by atoms with E-state index in [1.165, 1.54) is 25.6 Å². The number of halogens is 3. The average Bonchev–Trinajstić information content (AvgIpc) is 2.96. The maximum Gasteiger partial charge on any atom is 0.451 e. The number of piperidine rings is 1. The Morgan fingerprint density at radius 1 is 1.18 bits per heavy atom. The van der Waals surface area contributed by atoms with Crippen molar-refractivity contribution in [3.63, 3.8) is 0 Å². The SMILES string of the molecule is FC(F)(F)c1nc(NCCN2CCCCC2)c2[nH]cnc2n1. The van der Waals surface area contributed by atoms with Crippen molar-refractivity contribution in [1.82, 2.24) is 24.8 Å². The zero-order valence-corrected chi connectivity index (χ0v) is 11.9. The molecule has 0 unspecified atom stereocenters. The zero-order valence-electron chi connectivity index (χ0n) is 11.9. The van der Waals surface area contributed by atoms with E-state index in [0.717, 1.165) is 19.6 Å². The van der Waals surface area contributed by atoms with Crippen LogP contribution in [0.5, 0.6) is 0 Å². The number of aromatic nitrogens is 4. The predicted octanol–water partition coefficient (Wildman–Crippen LogP) is 2.27. The van der Waals surface area contributed by atoms with Crippen molar-refractivity contribution >= 4 is 17.0 Å². The molecule has 120 valence electrons. The third-order valence-corrected chi connectivity index (χ3v) is 3.71. The summed E-state index contributed by atoms with van der Waals surface area (Å²) >= 11 is 0. The van der Waals surface area contributed by atoms with Gasteiger partial charge in [-0.15, -0.1) is 0 Å². The molecule has 2 aromatic rings. The maximum atomic E-state index is 12.8. The van der Waals surface area contributed by atoms with Crippen LogP contribution >= 0.6 is 0 Å². The van der Waals surface area contributed by atoms with Gasteiger partial charge in [0.1, 0.15) is 5.52 Å². The molecule has 0 radical (unpaired) electrons. The number of alkyl halides is 3. The first kappa shape index (κ1) is 15.0. The summed E-state index contributed by atoms with van der Waals surface area (Å²) in [5.41, 5.74) is 0.412. The first-order valence-corrected chi connectivity index (χ1v) is 7.28. The topological polar surface area (TPSA) is 69.7 Å². The number of fused-ring (bicyclic) bond motifs is 1. The quantitative estimate of drug-likeness (QED) is 0.906. The second-order valence-corrected chi connectivity index (χ2v) is 5.32. The van der Waals surface area contributed by atoms with Crippen LogP contribution in [-0.4, -0.2) is 51.0 Å². The van der Waals surface area contributed by atoms with E-state index < -0.39 is 12.0 Å². The van der Waals surface area contributed by atoms with Gasteiger partial charge in [-0.1, -0.05) is 6.42 Å². The molecule has 22 heavy (non-hydrogen) atoms. The molecule has 0 aliphatic carbocycles. The number of imidazole rings is 1. The molecule has 1 fully saturated rings. The van der Waals surface area contributed by atoms with E-state index >= 15 is 0 Å². The molecule has 0 saturated carbocycles. The minimum absolute atomic E-state index is 0.0165. The lowest BCUT2D eigenvalue weighted by molar-refractivity contribution is -0.144. The molecule has 1 saturated heterocycles. The molecule has 3 rings (SSSR count). The number of hydrogen-bond donors (Lipinski definition) is 2. The number of nitrogens with zero attached hydrogens (tertiary/aromatic N) is 4. The Kier molecular flexibility index (Phi) is 4.14. The van der Waals surface area contributed by atoms with Crippen molar-refractivity contribution in [2.45, 2.75) is 25.4 Å². The van der Waals surface area contributed by atoms with Gasteiger partial charge in [-0.2, -0.15) is 13.2 Å². The highest BCUT2D eigenvalue weighted by Crippen LogP contribution is 2.29. The summed E-state index contributed by atoms with van der Waals surface area (Å²) in [5, 5.41) is 2.97. The molecule has 0 spiro atoms. The van der Waals surface area contributed by atoms with Crippen molar-refractivity contribution < 1.29 is 13.2 Å². The molecular formula is C13H17F3N6. The van der Waals surface area contributed by atoms with Crippen LogP contribution in [0.25, 0.3) is 11.2 Å². The molecule has 0 bridgehead atoms. The van der Waals surface area contributed by atoms with Crippen LogP contribution in [0.15, 0.2) is 6.33 Å². The molecule has 6 nitrogen and oxygen atoms in total. The van der Waals surface area contributed by atoms with E-state index in [9.17, 15) is 13.2 Å². The molecule has 2 aromatic heterocycles. The summed E-state index contributed by atoms with van der Waals surface area (Å²) in [4.78, 5) is 15.9. The van der Waals surface area contributed by atoms with Gasteiger partial charge in [0.05, 0.1) is 6.33 Å². The van der Waals surface area contributed by atoms with Gasteiger partial charge < -0.3 is 15.2 Å². The van der Waals surface area contributed by atoms with E-state index in [1.807, 2.05) is 0 Å². The molecular weight excluding hydrogens is 297 g/mol. The fraction of sp³-hybridized carbons (Fsp3) is 0.615. The van der Waals surface area contributed by atoms with Crippen molar-refractivity contribution in [2.75, 3.05) is 31.5 Å². The van der Waals surface area contributed by atoms with Gasteiger partial charge >= 0.3 is 6.18 Å². The van der Waals surface area contributed by atoms with Crippen LogP contribution in [0, 0.1) is 0 Å². The zero-order chi connectivity index (χ0) is 15.6. The van der Waals surface area contributed by atoms with Gasteiger partial charge in [-0.05, 0) is 25.9 Å². The van der Waals surface area contributed by atoms with Crippen molar-refractivity contribution in [1.29, 1.82) is 0 Å². The summed E-state index contributed by atoms with van der Waals surface area (Å²) in [5.74, 6) is -1.03. The number of nitrogens with one attached hydrogen (secondary N) is 2. The number of aromatic amines is 1. The van der Waals surface area contributed by atoms with E-state index in [-0.39, 0.29) is 11.5 Å². The Morgan fingerprint density at radius 3 is 2.68 bits per heavy atom. The summed E-state index contributed by atoms with van der Waals surface area (Å²) in [6.45, 7) is 3.39. The number of hydrogen-bond acceptors (Lipinski definition) is 5. The summed E-state index contributed by atoms with van der Waals surface area (Å²) in [6.07, 6.45) is 0.332. The largest absolute Gasteiger partial charge is 0.451 e. The Labute approximate surface area is 125 Å². The molecule has 0 aromatic carbocycles. The van der Waals surface area contributed by atoms with E-state index in [4.69, 9.17) is 0 Å². The molecule has 0 amide bonds. The first-order valence-electron chi connectivity index (χ1n) is 7.28. The average molecular weight is 314 g/mol. The van der Waals surface area contributed by atoms with E-state index in [1.54, 1.807) is 0 Å². The lowest BCUT2D eigenvalue weighted by Gasteiger charge is -2.26. The first-order chi connectivity index (χ1) is 10.5. The third kappa shape index (κ3) is 3.29. The molecule has 9 heteroatoms. The highest BCUT2D eigenvalue weighted by molar-refractivity contribution is 5.82. The van der Waals surface area contributed by atoms with E-state index in [0.29, 0.717) is 12.1 Å². The Bertz CT molecular complexity index is 632. The van der Waals surface area contributed by atoms with Crippen LogP contribution in [0.4, 0.5) is 19.0 Å². The van der Waals surface area contributed by atoms with Gasteiger partial charge in [-0.25, -0.2) is 15.0 Å². The normalized spacial score (nSPS) is 17.0. The maximum absolute atomic E-state index is 12.8. The van der Waals surface area contributed by atoms with Crippen molar-refractivity contribution in [3.05, 3.63) is 12.2 Å². The summed E-state index contributed by atoms with van der Waals surface area (Å²) in [6, 6.07) is 0. The second-order valence-electron chi connectivity index (χ2n) is 5.32. The van der Waals surface area contributed by atoms with E-state index in [2.05, 4.69) is 30.2 Å². The Hall–Kier alpha value is -1.90. The number of likely N-dealkylation sites (tertiary alicyclic amines) is 1. The standard InChI is InChI=1S/C13H17F3N6/c14-13(15,16)12-20-10(9-11(21-12)19-8-18-9)17-4-7-22-5-2-1-3-6-22/h8H,1-7H2,(H2,17,18,19,20,21). The minimum Gasteiger partial charge on any atom is -0.367 e. The fourth-order valence-electron chi connectivity index (χ4n) is 2.60. The summed E-state index contributed by atoms with van der Waals surface area (Å²) in [7, 11) is 0. The van der Waals surface area contributed by atoms with Gasteiger partial charge in [0.25, 0.3) is 0 Å². The second kappa shape index (κ2) is 6.07. The lowest BCUT2D eigenvalue weighted by atomic mass is 10.1. The Morgan fingerprint density at radius 2 is 1.95 bits per heavy atom. The fourth-order valence-corrected chi connectivity index (χ4v) is 2.60. The Balaban J connectivity index is 1.73. The predicted molar refractivity (Wildman–Crippen MR) is 75.5 cm³/mol. The van der Waals surface area contributed by atoms with Crippen LogP contribution in [0.2, 0.25) is 0 Å². The van der Waals surface area contributed by atoms with Gasteiger partial charge in [-0.3, -0.25) is 0 Å².